The molecule has 158 valence electrons. The van der Waals surface area contributed by atoms with Gasteiger partial charge in [-0.15, -0.1) is 0 Å². The van der Waals surface area contributed by atoms with E-state index in [0.29, 0.717) is 23.0 Å². The maximum absolute atomic E-state index is 5.99. The van der Waals surface area contributed by atoms with Crippen LogP contribution >= 0.6 is 0 Å². The van der Waals surface area contributed by atoms with Crippen LogP contribution in [0.4, 0.5) is 11.4 Å². The van der Waals surface area contributed by atoms with Crippen LogP contribution in [0.3, 0.4) is 0 Å². The van der Waals surface area contributed by atoms with Gasteiger partial charge in [0.15, 0.2) is 0 Å². The van der Waals surface area contributed by atoms with Crippen molar-refractivity contribution < 1.29 is 4.74 Å². The molecule has 1 saturated carbocycles. The predicted molar refractivity (Wildman–Crippen MR) is 124 cm³/mol. The van der Waals surface area contributed by atoms with Crippen LogP contribution in [0, 0.1) is 5.92 Å². The number of hydrogen-bond acceptors (Lipinski definition) is 3. The molecule has 1 aliphatic carbocycles. The summed E-state index contributed by atoms with van der Waals surface area (Å²) in [6.07, 6.45) is 15.3. The largest absolute Gasteiger partial charge is 0.455 e. The van der Waals surface area contributed by atoms with E-state index in [-0.39, 0.29) is 0 Å². The fourth-order valence-electron chi connectivity index (χ4n) is 4.59. The Morgan fingerprint density at radius 3 is 2.21 bits per heavy atom. The molecule has 0 aliphatic heterocycles. The third-order valence-corrected chi connectivity index (χ3v) is 6.43. The van der Waals surface area contributed by atoms with Crippen molar-refractivity contribution in [3.63, 3.8) is 0 Å². The molecule has 0 saturated heterocycles. The highest BCUT2D eigenvalue weighted by Crippen LogP contribution is 2.38. The third kappa shape index (κ3) is 6.69. The molecule has 2 aromatic rings. The summed E-state index contributed by atoms with van der Waals surface area (Å²) in [6.45, 7) is 2.29. The van der Waals surface area contributed by atoms with E-state index in [4.69, 9.17) is 16.2 Å². The van der Waals surface area contributed by atoms with Gasteiger partial charge in [-0.05, 0) is 73.4 Å². The van der Waals surface area contributed by atoms with Gasteiger partial charge in [0, 0.05) is 5.69 Å². The van der Waals surface area contributed by atoms with Crippen LogP contribution in [0.2, 0.25) is 0 Å². The first kappa shape index (κ1) is 21.5. The molecule has 0 bridgehead atoms. The van der Waals surface area contributed by atoms with Gasteiger partial charge >= 0.3 is 0 Å². The average molecular weight is 395 g/mol. The molecule has 29 heavy (non-hydrogen) atoms. The van der Waals surface area contributed by atoms with Crippen molar-refractivity contribution in [1.29, 1.82) is 0 Å². The Kier molecular flexibility index (Phi) is 8.27. The Bertz CT molecular complexity index is 733. The molecule has 0 radical (unpaired) electrons. The lowest BCUT2D eigenvalue weighted by molar-refractivity contribution is 0.301. The Morgan fingerprint density at radius 1 is 0.828 bits per heavy atom. The second-order valence-electron chi connectivity index (χ2n) is 8.74. The van der Waals surface area contributed by atoms with E-state index in [1.807, 2.05) is 12.1 Å². The van der Waals surface area contributed by atoms with Crippen LogP contribution in [-0.2, 0) is 0 Å². The smallest absolute Gasteiger partial charge is 0.150 e. The fourth-order valence-corrected chi connectivity index (χ4v) is 4.59. The van der Waals surface area contributed by atoms with Crippen LogP contribution in [0.15, 0.2) is 42.5 Å². The van der Waals surface area contributed by atoms with Crippen molar-refractivity contribution in [1.82, 2.24) is 0 Å². The van der Waals surface area contributed by atoms with Crippen molar-refractivity contribution in [2.24, 2.45) is 5.92 Å². The van der Waals surface area contributed by atoms with Gasteiger partial charge in [0.1, 0.15) is 11.5 Å². The van der Waals surface area contributed by atoms with Gasteiger partial charge in [-0.2, -0.15) is 0 Å². The topological polar surface area (TPSA) is 61.3 Å². The minimum atomic E-state index is 0.567. The number of rotatable bonds is 10. The zero-order chi connectivity index (χ0) is 20.5. The van der Waals surface area contributed by atoms with Gasteiger partial charge in [-0.1, -0.05) is 64.0 Å². The van der Waals surface area contributed by atoms with Crippen molar-refractivity contribution >= 4 is 11.4 Å². The molecule has 0 aromatic heterocycles. The minimum Gasteiger partial charge on any atom is -0.455 e. The standard InChI is InChI=1S/C26H38N2O/c1-2-3-4-5-6-7-8-20-9-11-21(12-10-20)22-13-16-24(17-14-22)29-26-18-15-23(27)19-25(26)28/h13-21H,2-12,27-28H2,1H3. The van der Waals surface area contributed by atoms with E-state index in [1.54, 1.807) is 6.07 Å². The Hall–Kier alpha value is -2.16. The van der Waals surface area contributed by atoms with Crippen molar-refractivity contribution in [3.8, 4) is 11.5 Å². The third-order valence-electron chi connectivity index (χ3n) is 6.43. The van der Waals surface area contributed by atoms with Gasteiger partial charge in [0.2, 0.25) is 0 Å². The van der Waals surface area contributed by atoms with Gasteiger partial charge in [0.25, 0.3) is 0 Å². The second-order valence-corrected chi connectivity index (χ2v) is 8.74. The zero-order valence-corrected chi connectivity index (χ0v) is 18.0. The quantitative estimate of drug-likeness (QED) is 0.321. The van der Waals surface area contributed by atoms with Gasteiger partial charge in [-0.25, -0.2) is 0 Å². The summed E-state index contributed by atoms with van der Waals surface area (Å²) in [7, 11) is 0. The maximum Gasteiger partial charge on any atom is 0.150 e. The lowest BCUT2D eigenvalue weighted by Crippen LogP contribution is -2.13. The van der Waals surface area contributed by atoms with E-state index in [2.05, 4.69) is 31.2 Å². The number of benzene rings is 2. The predicted octanol–water partition coefficient (Wildman–Crippen LogP) is 7.67. The zero-order valence-electron chi connectivity index (χ0n) is 18.0. The first-order valence-corrected chi connectivity index (χ1v) is 11.6. The fraction of sp³-hybridized carbons (Fsp3) is 0.538. The van der Waals surface area contributed by atoms with E-state index in [1.165, 1.54) is 76.2 Å². The SMILES string of the molecule is CCCCCCCCC1CCC(c2ccc(Oc3ccc(N)cc3N)cc2)CC1. The summed E-state index contributed by atoms with van der Waals surface area (Å²) < 4.78 is 5.92. The van der Waals surface area contributed by atoms with E-state index in [9.17, 15) is 0 Å². The molecule has 1 fully saturated rings. The number of nitrogen functional groups attached to an aromatic ring is 2. The molecule has 4 N–H and O–H groups in total. The molecular weight excluding hydrogens is 356 g/mol. The summed E-state index contributed by atoms with van der Waals surface area (Å²) in [5, 5.41) is 0. The van der Waals surface area contributed by atoms with E-state index < -0.39 is 0 Å². The lowest BCUT2D eigenvalue weighted by Gasteiger charge is -2.29. The van der Waals surface area contributed by atoms with E-state index in [0.717, 1.165) is 11.7 Å². The molecule has 3 rings (SSSR count). The van der Waals surface area contributed by atoms with Crippen LogP contribution in [0.5, 0.6) is 11.5 Å². The molecular formula is C26H38N2O. The molecule has 0 amide bonds. The summed E-state index contributed by atoms with van der Waals surface area (Å²) in [6, 6.07) is 13.9. The van der Waals surface area contributed by atoms with Crippen LogP contribution in [0.1, 0.15) is 89.0 Å². The molecule has 3 heteroatoms. The van der Waals surface area contributed by atoms with Crippen molar-refractivity contribution in [2.75, 3.05) is 11.5 Å². The molecule has 0 spiro atoms. The normalized spacial score (nSPS) is 19.2. The number of anilines is 2. The van der Waals surface area contributed by atoms with Gasteiger partial charge < -0.3 is 16.2 Å². The van der Waals surface area contributed by atoms with Crippen LogP contribution in [0.25, 0.3) is 0 Å². The number of unbranched alkanes of at least 4 members (excludes halogenated alkanes) is 5. The Balaban J connectivity index is 1.42. The second kappa shape index (κ2) is 11.1. The summed E-state index contributed by atoms with van der Waals surface area (Å²) in [4.78, 5) is 0. The van der Waals surface area contributed by atoms with Crippen molar-refractivity contribution in [2.45, 2.75) is 83.5 Å². The molecule has 2 aromatic carbocycles. The molecule has 1 aliphatic rings. The summed E-state index contributed by atoms with van der Waals surface area (Å²) >= 11 is 0. The van der Waals surface area contributed by atoms with Gasteiger partial charge in [-0.3, -0.25) is 0 Å². The summed E-state index contributed by atoms with van der Waals surface area (Å²) in [5.74, 6) is 3.13. The van der Waals surface area contributed by atoms with Gasteiger partial charge in [0.05, 0.1) is 5.69 Å². The number of ether oxygens (including phenoxy) is 1. The van der Waals surface area contributed by atoms with Crippen LogP contribution in [-0.4, -0.2) is 0 Å². The average Bonchev–Trinajstić information content (AvgIpc) is 2.74. The number of hydrogen-bond donors (Lipinski definition) is 2. The maximum atomic E-state index is 5.99. The first-order chi connectivity index (χ1) is 14.2. The highest BCUT2D eigenvalue weighted by atomic mass is 16.5. The minimum absolute atomic E-state index is 0.567. The Labute approximate surface area is 176 Å². The van der Waals surface area contributed by atoms with Crippen LogP contribution < -0.4 is 16.2 Å². The summed E-state index contributed by atoms with van der Waals surface area (Å²) in [5.41, 5.74) is 14.4. The van der Waals surface area contributed by atoms with Crippen molar-refractivity contribution in [3.05, 3.63) is 48.0 Å². The highest BCUT2D eigenvalue weighted by molar-refractivity contribution is 5.61. The molecule has 3 nitrogen and oxygen atoms in total. The molecule has 0 unspecified atom stereocenters. The lowest BCUT2D eigenvalue weighted by atomic mass is 9.77. The number of nitrogens with two attached hydrogens (primary N) is 2. The first-order valence-electron chi connectivity index (χ1n) is 11.6. The molecule has 0 atom stereocenters. The highest BCUT2D eigenvalue weighted by Gasteiger charge is 2.22. The van der Waals surface area contributed by atoms with E-state index >= 15 is 0 Å². The molecule has 0 heterocycles. The Morgan fingerprint density at radius 2 is 1.52 bits per heavy atom. The monoisotopic (exact) mass is 394 g/mol.